The summed E-state index contributed by atoms with van der Waals surface area (Å²) in [5.41, 5.74) is 2.47. The Morgan fingerprint density at radius 1 is 0.815 bits per heavy atom. The molecule has 0 fully saturated rings. The number of aryl methyl sites for hydroxylation is 1. The highest BCUT2D eigenvalue weighted by molar-refractivity contribution is 6.37. The highest BCUT2D eigenvalue weighted by Gasteiger charge is 2.15. The zero-order chi connectivity index (χ0) is 19.0. The fourth-order valence-electron chi connectivity index (χ4n) is 3.06. The van der Waals surface area contributed by atoms with Gasteiger partial charge in [0, 0.05) is 29.2 Å². The Hall–Kier alpha value is -3.05. The molecule has 0 aliphatic heterocycles. The number of hydrogen-bond donors (Lipinski definition) is 0. The minimum atomic E-state index is 0.531. The number of ether oxygens (including phenoxy) is 3. The average Bonchev–Trinajstić information content (AvgIpc) is 2.70. The second-order valence-corrected chi connectivity index (χ2v) is 6.42. The third-order valence-corrected chi connectivity index (χ3v) is 4.78. The summed E-state index contributed by atoms with van der Waals surface area (Å²) in [5, 5.41) is 2.18. The highest BCUT2D eigenvalue weighted by Crippen LogP contribution is 2.41. The van der Waals surface area contributed by atoms with Crippen molar-refractivity contribution in [1.82, 2.24) is 9.97 Å². The van der Waals surface area contributed by atoms with Gasteiger partial charge in [-0.1, -0.05) is 11.6 Å². The zero-order valence-electron chi connectivity index (χ0n) is 15.1. The molecule has 0 N–H and O–H groups in total. The summed E-state index contributed by atoms with van der Waals surface area (Å²) in [6.45, 7) is 1.95. The first kappa shape index (κ1) is 17.4. The number of fused-ring (bicyclic) bond motifs is 2. The summed E-state index contributed by atoms with van der Waals surface area (Å²) in [6, 6.07) is 11.2. The molecule has 0 spiro atoms. The van der Waals surface area contributed by atoms with Gasteiger partial charge in [0.15, 0.2) is 11.5 Å². The lowest BCUT2D eigenvalue weighted by molar-refractivity contribution is 0.355. The van der Waals surface area contributed by atoms with Crippen molar-refractivity contribution in [2.45, 2.75) is 6.92 Å². The van der Waals surface area contributed by atoms with Crippen LogP contribution in [0.1, 0.15) is 5.56 Å². The van der Waals surface area contributed by atoms with Crippen LogP contribution in [-0.2, 0) is 0 Å². The lowest BCUT2D eigenvalue weighted by Gasteiger charge is -2.15. The van der Waals surface area contributed by atoms with Gasteiger partial charge >= 0.3 is 0 Å². The number of rotatable bonds is 4. The summed E-state index contributed by atoms with van der Waals surface area (Å²) < 4.78 is 17.0. The predicted octanol–water partition coefficient (Wildman–Crippen LogP) is 5.55. The molecule has 0 saturated heterocycles. The number of aromatic nitrogens is 2. The van der Waals surface area contributed by atoms with E-state index in [-0.39, 0.29) is 0 Å². The van der Waals surface area contributed by atoms with Crippen molar-refractivity contribution in [2.75, 3.05) is 14.2 Å². The standard InChI is InChI=1S/C21H17ClN2O3/c1-12-9-15-13(5-4-7-23-15)20(22)21(12)27-17-6-8-24-16-11-19(26-3)18(25-2)10-14(16)17/h4-11H,1-3H3. The Balaban J connectivity index is 1.88. The van der Waals surface area contributed by atoms with Gasteiger partial charge in [0.2, 0.25) is 0 Å². The van der Waals surface area contributed by atoms with Crippen LogP contribution in [0.3, 0.4) is 0 Å². The largest absolute Gasteiger partial charge is 0.493 e. The van der Waals surface area contributed by atoms with E-state index >= 15 is 0 Å². The number of pyridine rings is 2. The fourth-order valence-corrected chi connectivity index (χ4v) is 3.40. The van der Waals surface area contributed by atoms with Crippen LogP contribution in [0.2, 0.25) is 5.02 Å². The van der Waals surface area contributed by atoms with E-state index in [2.05, 4.69) is 9.97 Å². The normalized spacial score (nSPS) is 11.0. The summed E-state index contributed by atoms with van der Waals surface area (Å²) in [6.07, 6.45) is 3.43. The van der Waals surface area contributed by atoms with Gasteiger partial charge in [-0.05, 0) is 42.8 Å². The van der Waals surface area contributed by atoms with Crippen molar-refractivity contribution in [3.8, 4) is 23.0 Å². The Morgan fingerprint density at radius 3 is 2.30 bits per heavy atom. The molecule has 0 radical (unpaired) electrons. The predicted molar refractivity (Wildman–Crippen MR) is 106 cm³/mol. The Kier molecular flexibility index (Phi) is 4.46. The maximum Gasteiger partial charge on any atom is 0.162 e. The van der Waals surface area contributed by atoms with Gasteiger partial charge in [0.25, 0.3) is 0 Å². The van der Waals surface area contributed by atoms with Gasteiger partial charge in [-0.15, -0.1) is 0 Å². The van der Waals surface area contributed by atoms with Gasteiger partial charge in [-0.2, -0.15) is 0 Å². The first-order valence-electron chi connectivity index (χ1n) is 8.34. The third-order valence-electron chi connectivity index (χ3n) is 4.40. The second kappa shape index (κ2) is 6.93. The van der Waals surface area contributed by atoms with Crippen molar-refractivity contribution in [1.29, 1.82) is 0 Å². The molecule has 4 aromatic rings. The molecule has 136 valence electrons. The highest BCUT2D eigenvalue weighted by atomic mass is 35.5. The molecular weight excluding hydrogens is 364 g/mol. The van der Waals surface area contributed by atoms with Crippen LogP contribution in [0.5, 0.6) is 23.0 Å². The Labute approximate surface area is 161 Å². The molecule has 0 atom stereocenters. The SMILES string of the molecule is COc1cc2nccc(Oc3c(C)cc4ncccc4c3Cl)c2cc1OC. The van der Waals surface area contributed by atoms with Crippen molar-refractivity contribution in [3.63, 3.8) is 0 Å². The van der Waals surface area contributed by atoms with Gasteiger partial charge in [-0.25, -0.2) is 0 Å². The van der Waals surface area contributed by atoms with Crippen LogP contribution >= 0.6 is 11.6 Å². The summed E-state index contributed by atoms with van der Waals surface area (Å²) >= 11 is 6.63. The Bertz CT molecular complexity index is 1160. The van der Waals surface area contributed by atoms with Crippen molar-refractivity contribution < 1.29 is 14.2 Å². The van der Waals surface area contributed by atoms with E-state index in [0.29, 0.717) is 28.0 Å². The number of hydrogen-bond acceptors (Lipinski definition) is 5. The smallest absolute Gasteiger partial charge is 0.162 e. The van der Waals surface area contributed by atoms with E-state index in [1.165, 1.54) is 0 Å². The molecular formula is C21H17ClN2O3. The van der Waals surface area contributed by atoms with Crippen molar-refractivity contribution in [2.24, 2.45) is 0 Å². The zero-order valence-corrected chi connectivity index (χ0v) is 15.9. The molecule has 5 nitrogen and oxygen atoms in total. The van der Waals surface area contributed by atoms with Crippen molar-refractivity contribution >= 4 is 33.4 Å². The second-order valence-electron chi connectivity index (χ2n) is 6.04. The van der Waals surface area contributed by atoms with Crippen LogP contribution in [0.15, 0.2) is 48.8 Å². The van der Waals surface area contributed by atoms with Gasteiger partial charge in [0.1, 0.15) is 11.5 Å². The third kappa shape index (κ3) is 3.00. The first-order valence-corrected chi connectivity index (χ1v) is 8.72. The van der Waals surface area contributed by atoms with Gasteiger partial charge in [-0.3, -0.25) is 9.97 Å². The lowest BCUT2D eigenvalue weighted by Crippen LogP contribution is -1.95. The van der Waals surface area contributed by atoms with Gasteiger partial charge < -0.3 is 14.2 Å². The molecule has 0 aliphatic carbocycles. The summed E-state index contributed by atoms with van der Waals surface area (Å²) in [4.78, 5) is 8.77. The molecule has 0 unspecified atom stereocenters. The minimum absolute atomic E-state index is 0.531. The minimum Gasteiger partial charge on any atom is -0.493 e. The number of benzene rings is 2. The molecule has 2 aromatic carbocycles. The van der Waals surface area contributed by atoms with E-state index in [4.69, 9.17) is 25.8 Å². The molecule has 0 aliphatic rings. The maximum atomic E-state index is 6.63. The van der Waals surface area contributed by atoms with Gasteiger partial charge in [0.05, 0.1) is 30.3 Å². The number of nitrogens with zero attached hydrogens (tertiary/aromatic N) is 2. The fraction of sp³-hybridized carbons (Fsp3) is 0.143. The molecule has 4 rings (SSSR count). The van der Waals surface area contributed by atoms with E-state index in [1.54, 1.807) is 32.7 Å². The summed E-state index contributed by atoms with van der Waals surface area (Å²) in [5.74, 6) is 2.45. The molecule has 6 heteroatoms. The maximum absolute atomic E-state index is 6.63. The molecule has 0 amide bonds. The van der Waals surface area contributed by atoms with E-state index in [9.17, 15) is 0 Å². The van der Waals surface area contributed by atoms with E-state index in [1.807, 2.05) is 37.3 Å². The molecule has 0 saturated carbocycles. The summed E-state index contributed by atoms with van der Waals surface area (Å²) in [7, 11) is 3.19. The van der Waals surface area contributed by atoms with Crippen LogP contribution in [0, 0.1) is 6.92 Å². The molecule has 0 bridgehead atoms. The topological polar surface area (TPSA) is 53.5 Å². The molecule has 27 heavy (non-hydrogen) atoms. The number of halogens is 1. The first-order chi connectivity index (χ1) is 13.1. The van der Waals surface area contributed by atoms with E-state index in [0.717, 1.165) is 27.4 Å². The molecule has 2 heterocycles. The average molecular weight is 381 g/mol. The van der Waals surface area contributed by atoms with Crippen LogP contribution in [-0.4, -0.2) is 24.2 Å². The van der Waals surface area contributed by atoms with Crippen LogP contribution < -0.4 is 14.2 Å². The van der Waals surface area contributed by atoms with Crippen LogP contribution in [0.25, 0.3) is 21.8 Å². The monoisotopic (exact) mass is 380 g/mol. The molecule has 2 aromatic heterocycles. The Morgan fingerprint density at radius 2 is 1.52 bits per heavy atom. The quantitative estimate of drug-likeness (QED) is 0.464. The van der Waals surface area contributed by atoms with Crippen LogP contribution in [0.4, 0.5) is 0 Å². The number of methoxy groups -OCH3 is 2. The van der Waals surface area contributed by atoms with Crippen molar-refractivity contribution in [3.05, 3.63) is 59.4 Å². The van der Waals surface area contributed by atoms with E-state index < -0.39 is 0 Å². The lowest BCUT2D eigenvalue weighted by atomic mass is 10.1.